The van der Waals surface area contributed by atoms with Gasteiger partial charge in [0.1, 0.15) is 6.10 Å². The zero-order chi connectivity index (χ0) is 20.5. The number of hydrogen-bond acceptors (Lipinski definition) is 2. The maximum absolute atomic E-state index is 12.6. The summed E-state index contributed by atoms with van der Waals surface area (Å²) in [5.41, 5.74) is 0. The normalized spacial score (nSPS) is 35.9. The van der Waals surface area contributed by atoms with Gasteiger partial charge in [-0.2, -0.15) is 0 Å². The monoisotopic (exact) mass is 404 g/mol. The van der Waals surface area contributed by atoms with Gasteiger partial charge in [-0.3, -0.25) is 4.79 Å². The lowest BCUT2D eigenvalue weighted by Gasteiger charge is -2.38. The quantitative estimate of drug-likeness (QED) is 0.287. The molecule has 0 bridgehead atoms. The maximum Gasteiger partial charge on any atom is 0.309 e. The van der Waals surface area contributed by atoms with Crippen LogP contribution in [0.15, 0.2) is 0 Å². The van der Waals surface area contributed by atoms with Gasteiger partial charge in [0.25, 0.3) is 0 Å². The Morgan fingerprint density at radius 1 is 0.655 bits per heavy atom. The lowest BCUT2D eigenvalue weighted by molar-refractivity contribution is -0.157. The van der Waals surface area contributed by atoms with Gasteiger partial charge in [0.2, 0.25) is 0 Å². The smallest absolute Gasteiger partial charge is 0.309 e. The fourth-order valence-corrected chi connectivity index (χ4v) is 6.66. The second-order valence-corrected chi connectivity index (χ2v) is 10.8. The van der Waals surface area contributed by atoms with Gasteiger partial charge in [-0.25, -0.2) is 0 Å². The van der Waals surface area contributed by atoms with Crippen molar-refractivity contribution in [1.82, 2.24) is 0 Å². The van der Waals surface area contributed by atoms with E-state index in [-0.39, 0.29) is 18.0 Å². The van der Waals surface area contributed by atoms with E-state index in [1.165, 1.54) is 89.9 Å². The minimum absolute atomic E-state index is 0.135. The molecule has 168 valence electrons. The Morgan fingerprint density at radius 3 is 1.79 bits per heavy atom. The third-order valence-corrected chi connectivity index (χ3v) is 8.65. The lowest BCUT2D eigenvalue weighted by Crippen LogP contribution is -2.32. The summed E-state index contributed by atoms with van der Waals surface area (Å²) in [7, 11) is 0. The van der Waals surface area contributed by atoms with Crippen molar-refractivity contribution in [2.24, 2.45) is 29.6 Å². The molecule has 0 unspecified atom stereocenters. The molecular weight excluding hydrogens is 356 g/mol. The topological polar surface area (TPSA) is 26.3 Å². The van der Waals surface area contributed by atoms with Crippen LogP contribution in [0.25, 0.3) is 0 Å². The van der Waals surface area contributed by atoms with Crippen LogP contribution in [0.5, 0.6) is 0 Å². The van der Waals surface area contributed by atoms with Gasteiger partial charge in [0.05, 0.1) is 5.92 Å². The maximum atomic E-state index is 12.6. The average Bonchev–Trinajstić information content (AvgIpc) is 2.76. The molecule has 0 aromatic rings. The van der Waals surface area contributed by atoms with Gasteiger partial charge in [-0.05, 0) is 87.9 Å². The van der Waals surface area contributed by atoms with Gasteiger partial charge in [-0.1, -0.05) is 65.2 Å². The highest BCUT2D eigenvalue weighted by Gasteiger charge is 2.33. The molecule has 2 heteroatoms. The summed E-state index contributed by atoms with van der Waals surface area (Å²) in [4.78, 5) is 12.6. The largest absolute Gasteiger partial charge is 0.462 e. The molecule has 2 nitrogen and oxygen atoms in total. The van der Waals surface area contributed by atoms with Crippen molar-refractivity contribution in [3.8, 4) is 0 Å². The standard InChI is InChI=1S/C27H48O2/c1-3-5-6-8-22-9-13-23(14-10-22)24-17-19-26(20-18-24)29-27(28)25-15-11-21(7-4-2)12-16-25/h21-26H,3-20H2,1-2H3/t21-,22-,23-,24?,25-,26?. The summed E-state index contributed by atoms with van der Waals surface area (Å²) in [5.74, 6) is 4.08. The summed E-state index contributed by atoms with van der Waals surface area (Å²) in [5, 5.41) is 0. The fourth-order valence-electron chi connectivity index (χ4n) is 6.66. The summed E-state index contributed by atoms with van der Waals surface area (Å²) in [6.45, 7) is 4.58. The number of ether oxygens (including phenoxy) is 1. The van der Waals surface area contributed by atoms with Crippen LogP contribution in [0.4, 0.5) is 0 Å². The molecule has 0 amide bonds. The molecule has 0 aliphatic heterocycles. The minimum atomic E-state index is 0.135. The Morgan fingerprint density at radius 2 is 1.21 bits per heavy atom. The molecule has 0 aromatic heterocycles. The minimum Gasteiger partial charge on any atom is -0.462 e. The first kappa shape index (κ1) is 23.1. The van der Waals surface area contributed by atoms with Crippen LogP contribution in [-0.2, 0) is 9.53 Å². The van der Waals surface area contributed by atoms with E-state index in [9.17, 15) is 4.79 Å². The van der Waals surface area contributed by atoms with E-state index in [0.29, 0.717) is 0 Å². The Bertz CT molecular complexity index is 449. The Hall–Kier alpha value is -0.530. The predicted octanol–water partition coefficient (Wildman–Crippen LogP) is 8.08. The van der Waals surface area contributed by atoms with Crippen molar-refractivity contribution in [3.05, 3.63) is 0 Å². The van der Waals surface area contributed by atoms with Crippen molar-refractivity contribution in [2.75, 3.05) is 0 Å². The molecular formula is C27H48O2. The Kier molecular flexibility index (Phi) is 9.86. The van der Waals surface area contributed by atoms with E-state index >= 15 is 0 Å². The van der Waals surface area contributed by atoms with E-state index in [4.69, 9.17) is 4.74 Å². The molecule has 0 atom stereocenters. The van der Waals surface area contributed by atoms with Gasteiger partial charge in [-0.15, -0.1) is 0 Å². The van der Waals surface area contributed by atoms with Crippen molar-refractivity contribution in [2.45, 2.75) is 136 Å². The highest BCUT2D eigenvalue weighted by Crippen LogP contribution is 2.42. The van der Waals surface area contributed by atoms with Gasteiger partial charge >= 0.3 is 5.97 Å². The van der Waals surface area contributed by atoms with E-state index < -0.39 is 0 Å². The number of esters is 1. The van der Waals surface area contributed by atoms with E-state index in [1.807, 2.05) is 0 Å². The molecule has 0 radical (unpaired) electrons. The molecule has 3 aliphatic carbocycles. The first-order valence-electron chi connectivity index (χ1n) is 13.4. The number of unbranched alkanes of at least 4 members (excludes halogenated alkanes) is 2. The summed E-state index contributed by atoms with van der Waals surface area (Å²) in [6.07, 6.45) is 23.9. The van der Waals surface area contributed by atoms with Crippen LogP contribution >= 0.6 is 0 Å². The summed E-state index contributed by atoms with van der Waals surface area (Å²) in [6, 6.07) is 0. The molecule has 3 fully saturated rings. The first-order valence-corrected chi connectivity index (χ1v) is 13.4. The predicted molar refractivity (Wildman–Crippen MR) is 122 cm³/mol. The van der Waals surface area contributed by atoms with Gasteiger partial charge in [0.15, 0.2) is 0 Å². The number of carbonyl (C=O) groups is 1. The molecule has 29 heavy (non-hydrogen) atoms. The highest BCUT2D eigenvalue weighted by molar-refractivity contribution is 5.72. The second-order valence-electron chi connectivity index (χ2n) is 10.8. The zero-order valence-corrected chi connectivity index (χ0v) is 19.5. The molecule has 0 N–H and O–H groups in total. The highest BCUT2D eigenvalue weighted by atomic mass is 16.5. The number of rotatable bonds is 9. The van der Waals surface area contributed by atoms with Crippen molar-refractivity contribution in [3.63, 3.8) is 0 Å². The number of carbonyl (C=O) groups excluding carboxylic acids is 1. The third-order valence-electron chi connectivity index (χ3n) is 8.65. The van der Waals surface area contributed by atoms with Crippen molar-refractivity contribution >= 4 is 5.97 Å². The SMILES string of the molecule is CCCCC[C@H]1CC[C@H](C2CCC(OC(=O)[C@H]3CC[C@H](CCC)CC3)CC2)CC1. The molecule has 3 rings (SSSR count). The Labute approximate surface area is 180 Å². The lowest BCUT2D eigenvalue weighted by atomic mass is 9.70. The average molecular weight is 405 g/mol. The van der Waals surface area contributed by atoms with Crippen molar-refractivity contribution < 1.29 is 9.53 Å². The van der Waals surface area contributed by atoms with E-state index in [2.05, 4.69) is 13.8 Å². The first-order chi connectivity index (χ1) is 14.2. The molecule has 0 saturated heterocycles. The molecule has 0 aromatic carbocycles. The van der Waals surface area contributed by atoms with Crippen LogP contribution < -0.4 is 0 Å². The summed E-state index contributed by atoms with van der Waals surface area (Å²) < 4.78 is 5.99. The summed E-state index contributed by atoms with van der Waals surface area (Å²) >= 11 is 0. The van der Waals surface area contributed by atoms with Crippen LogP contribution in [-0.4, -0.2) is 12.1 Å². The van der Waals surface area contributed by atoms with E-state index in [1.54, 1.807) is 0 Å². The Balaban J connectivity index is 1.30. The second kappa shape index (κ2) is 12.4. The molecule has 3 saturated carbocycles. The van der Waals surface area contributed by atoms with Crippen LogP contribution in [0.3, 0.4) is 0 Å². The van der Waals surface area contributed by atoms with Crippen LogP contribution in [0.2, 0.25) is 0 Å². The van der Waals surface area contributed by atoms with Crippen molar-refractivity contribution in [1.29, 1.82) is 0 Å². The molecule has 0 heterocycles. The molecule has 3 aliphatic rings. The fraction of sp³-hybridized carbons (Fsp3) is 0.963. The zero-order valence-electron chi connectivity index (χ0n) is 19.5. The number of hydrogen-bond donors (Lipinski definition) is 0. The van der Waals surface area contributed by atoms with E-state index in [0.717, 1.165) is 49.4 Å². The third kappa shape index (κ3) is 7.28. The van der Waals surface area contributed by atoms with Gasteiger partial charge < -0.3 is 4.74 Å². The van der Waals surface area contributed by atoms with Gasteiger partial charge in [0, 0.05) is 0 Å². The molecule has 0 spiro atoms. The van der Waals surface area contributed by atoms with Crippen LogP contribution in [0, 0.1) is 29.6 Å². The van der Waals surface area contributed by atoms with Crippen LogP contribution in [0.1, 0.15) is 129 Å².